The van der Waals surface area contributed by atoms with Gasteiger partial charge in [0.05, 0.1) is 12.9 Å². The molecule has 0 bridgehead atoms. The quantitative estimate of drug-likeness (QED) is 0.403. The van der Waals surface area contributed by atoms with Crippen molar-refractivity contribution in [2.75, 3.05) is 33.1 Å². The average Bonchev–Trinajstić information content (AvgIpc) is 2.25. The highest BCUT2D eigenvalue weighted by Gasteiger charge is 2.18. The van der Waals surface area contributed by atoms with Gasteiger partial charge >= 0.3 is 5.97 Å². The van der Waals surface area contributed by atoms with Gasteiger partial charge in [-0.05, 0) is 6.42 Å². The molecule has 2 N–H and O–H groups in total. The van der Waals surface area contributed by atoms with Crippen molar-refractivity contribution in [3.63, 3.8) is 0 Å². The van der Waals surface area contributed by atoms with E-state index < -0.39 is 22.1 Å². The molecular weight excluding hydrogens is 238 g/mol. The van der Waals surface area contributed by atoms with Gasteiger partial charge in [-0.2, -0.15) is 0 Å². The zero-order chi connectivity index (χ0) is 12.6. The van der Waals surface area contributed by atoms with E-state index in [9.17, 15) is 13.2 Å². The molecule has 0 fully saturated rings. The summed E-state index contributed by atoms with van der Waals surface area (Å²) in [5, 5.41) is 9.13. The summed E-state index contributed by atoms with van der Waals surface area (Å²) < 4.78 is 33.6. The topological polar surface area (TPSA) is 102 Å². The van der Waals surface area contributed by atoms with Crippen molar-refractivity contribution in [1.29, 1.82) is 0 Å². The maximum atomic E-state index is 11.3. The summed E-state index contributed by atoms with van der Waals surface area (Å²) in [6.07, 6.45) is -1.14. The number of ether oxygens (including phenoxy) is 2. The molecule has 0 heterocycles. The van der Waals surface area contributed by atoms with Crippen LogP contribution in [0.1, 0.15) is 6.42 Å². The number of esters is 1. The van der Waals surface area contributed by atoms with E-state index in [1.54, 1.807) is 0 Å². The molecule has 1 unspecified atom stereocenters. The van der Waals surface area contributed by atoms with Crippen LogP contribution in [0.15, 0.2) is 0 Å². The Balaban J connectivity index is 3.94. The van der Waals surface area contributed by atoms with Gasteiger partial charge in [0.2, 0.25) is 10.0 Å². The molecule has 0 aromatic carbocycles. The molecule has 7 nitrogen and oxygen atoms in total. The van der Waals surface area contributed by atoms with Gasteiger partial charge in [-0.3, -0.25) is 0 Å². The first-order valence-corrected chi connectivity index (χ1v) is 6.30. The summed E-state index contributed by atoms with van der Waals surface area (Å²) >= 11 is 0. The number of nitrogens with one attached hydrogen (secondary N) is 1. The van der Waals surface area contributed by atoms with Gasteiger partial charge in [-0.15, -0.1) is 0 Å². The van der Waals surface area contributed by atoms with Crippen LogP contribution in [0, 0.1) is 0 Å². The van der Waals surface area contributed by atoms with Crippen molar-refractivity contribution in [2.45, 2.75) is 12.5 Å². The summed E-state index contributed by atoms with van der Waals surface area (Å²) in [5.74, 6) is -0.992. The van der Waals surface area contributed by atoms with Crippen LogP contribution in [-0.4, -0.2) is 58.7 Å². The number of carbonyl (C=O) groups excluding carboxylic acids is 1. The van der Waals surface area contributed by atoms with E-state index in [1.165, 1.54) is 7.11 Å². The molecule has 0 rings (SSSR count). The van der Waals surface area contributed by atoms with Crippen molar-refractivity contribution in [1.82, 2.24) is 4.72 Å². The summed E-state index contributed by atoms with van der Waals surface area (Å²) in [5.41, 5.74) is 0. The zero-order valence-corrected chi connectivity index (χ0v) is 10.1. The smallest absolute Gasteiger partial charge is 0.336 e. The molecule has 0 aromatic heterocycles. The Morgan fingerprint density at radius 2 is 2.06 bits per heavy atom. The third-order valence-corrected chi connectivity index (χ3v) is 3.16. The van der Waals surface area contributed by atoms with Crippen LogP contribution < -0.4 is 4.72 Å². The van der Waals surface area contributed by atoms with Crippen molar-refractivity contribution < 1.29 is 27.8 Å². The highest BCUT2D eigenvalue weighted by molar-refractivity contribution is 7.89. The van der Waals surface area contributed by atoms with Crippen LogP contribution >= 0.6 is 0 Å². The first-order valence-electron chi connectivity index (χ1n) is 4.65. The number of sulfonamides is 1. The molecule has 0 amide bonds. The zero-order valence-electron chi connectivity index (χ0n) is 9.30. The van der Waals surface area contributed by atoms with Gasteiger partial charge in [0.15, 0.2) is 6.10 Å². The largest absolute Gasteiger partial charge is 0.467 e. The van der Waals surface area contributed by atoms with E-state index >= 15 is 0 Å². The Hall–Kier alpha value is -0.700. The lowest BCUT2D eigenvalue weighted by atomic mass is 10.4. The van der Waals surface area contributed by atoms with Crippen molar-refractivity contribution in [2.24, 2.45) is 0 Å². The number of hydrogen-bond acceptors (Lipinski definition) is 6. The van der Waals surface area contributed by atoms with Crippen LogP contribution in [0.2, 0.25) is 0 Å². The van der Waals surface area contributed by atoms with Crippen molar-refractivity contribution >= 4 is 16.0 Å². The number of aliphatic hydroxyl groups is 1. The van der Waals surface area contributed by atoms with Crippen LogP contribution in [0.5, 0.6) is 0 Å². The summed E-state index contributed by atoms with van der Waals surface area (Å²) in [4.78, 5) is 10.8. The van der Waals surface area contributed by atoms with Gasteiger partial charge < -0.3 is 14.6 Å². The molecule has 0 aromatic rings. The first-order chi connectivity index (χ1) is 7.43. The van der Waals surface area contributed by atoms with Gasteiger partial charge in [-0.25, -0.2) is 17.9 Å². The summed E-state index contributed by atoms with van der Waals surface area (Å²) in [6.45, 7) is -0.0531. The van der Waals surface area contributed by atoms with E-state index in [-0.39, 0.29) is 12.3 Å². The van der Waals surface area contributed by atoms with Gasteiger partial charge in [0, 0.05) is 20.3 Å². The lowest BCUT2D eigenvalue weighted by molar-refractivity contribution is -0.149. The van der Waals surface area contributed by atoms with Gasteiger partial charge in [-0.1, -0.05) is 0 Å². The predicted molar refractivity (Wildman–Crippen MR) is 56.3 cm³/mol. The number of carbonyl (C=O) groups is 1. The second-order valence-electron chi connectivity index (χ2n) is 3.05. The van der Waals surface area contributed by atoms with Crippen molar-refractivity contribution in [3.05, 3.63) is 0 Å². The lowest BCUT2D eigenvalue weighted by Gasteiger charge is -2.10. The standard InChI is InChI=1S/C8H17NO6S/c1-14-4-3-5-16(12,13)9-6-7(10)8(11)15-2/h7,9-10H,3-6H2,1-2H3. The second kappa shape index (κ2) is 7.55. The number of rotatable bonds is 8. The first kappa shape index (κ1) is 15.3. The Labute approximate surface area is 94.8 Å². The molecule has 8 heteroatoms. The molecular formula is C8H17NO6S. The molecule has 0 aliphatic heterocycles. The van der Waals surface area contributed by atoms with Gasteiger partial charge in [0.25, 0.3) is 0 Å². The SMILES string of the molecule is COCCCS(=O)(=O)NCC(O)C(=O)OC. The lowest BCUT2D eigenvalue weighted by Crippen LogP contribution is -2.38. The fraction of sp³-hybridized carbons (Fsp3) is 0.875. The fourth-order valence-corrected chi connectivity index (χ4v) is 1.94. The molecule has 16 heavy (non-hydrogen) atoms. The average molecular weight is 255 g/mol. The monoisotopic (exact) mass is 255 g/mol. The number of methoxy groups -OCH3 is 2. The molecule has 0 radical (unpaired) electrons. The summed E-state index contributed by atoms with van der Waals surface area (Å²) in [7, 11) is -0.905. The minimum atomic E-state index is -3.49. The Bertz CT molecular complexity index is 302. The van der Waals surface area contributed by atoms with Crippen LogP contribution in [0.3, 0.4) is 0 Å². The third kappa shape index (κ3) is 6.72. The normalized spacial score (nSPS) is 13.4. The molecule has 0 saturated heterocycles. The maximum Gasteiger partial charge on any atom is 0.336 e. The fourth-order valence-electron chi connectivity index (χ4n) is 0.891. The third-order valence-electron chi connectivity index (χ3n) is 1.73. The molecule has 96 valence electrons. The van der Waals surface area contributed by atoms with Crippen LogP contribution in [0.25, 0.3) is 0 Å². The minimum Gasteiger partial charge on any atom is -0.467 e. The Morgan fingerprint density at radius 3 is 2.56 bits per heavy atom. The molecule has 0 aliphatic carbocycles. The second-order valence-corrected chi connectivity index (χ2v) is 4.98. The number of aliphatic hydroxyl groups excluding tert-OH is 1. The Morgan fingerprint density at radius 1 is 1.44 bits per heavy atom. The van der Waals surface area contributed by atoms with E-state index in [0.717, 1.165) is 7.11 Å². The predicted octanol–water partition coefficient (Wildman–Crippen LogP) is -1.52. The van der Waals surface area contributed by atoms with Gasteiger partial charge in [0.1, 0.15) is 0 Å². The van der Waals surface area contributed by atoms with E-state index in [1.807, 2.05) is 0 Å². The van der Waals surface area contributed by atoms with Crippen molar-refractivity contribution in [3.8, 4) is 0 Å². The van der Waals surface area contributed by atoms with E-state index in [4.69, 9.17) is 9.84 Å². The molecule has 0 saturated carbocycles. The maximum absolute atomic E-state index is 11.3. The van der Waals surface area contributed by atoms with E-state index in [0.29, 0.717) is 13.0 Å². The highest BCUT2D eigenvalue weighted by Crippen LogP contribution is 1.92. The molecule has 1 atom stereocenters. The van der Waals surface area contributed by atoms with E-state index in [2.05, 4.69) is 9.46 Å². The highest BCUT2D eigenvalue weighted by atomic mass is 32.2. The summed E-state index contributed by atoms with van der Waals surface area (Å²) in [6, 6.07) is 0. The Kier molecular flexibility index (Phi) is 7.22. The molecule has 0 spiro atoms. The van der Waals surface area contributed by atoms with Crippen LogP contribution in [0.4, 0.5) is 0 Å². The van der Waals surface area contributed by atoms with Crippen LogP contribution in [-0.2, 0) is 24.3 Å². The molecule has 0 aliphatic rings. The number of hydrogen-bond donors (Lipinski definition) is 2. The minimum absolute atomic E-state index is 0.116.